The Morgan fingerprint density at radius 3 is 2.54 bits per heavy atom. The van der Waals surface area contributed by atoms with Crippen molar-refractivity contribution >= 4 is 11.6 Å². The second-order valence-corrected chi connectivity index (χ2v) is 7.84. The molecule has 0 aromatic heterocycles. The highest BCUT2D eigenvalue weighted by Crippen LogP contribution is 2.41. The number of aromatic hydroxyl groups is 1. The van der Waals surface area contributed by atoms with Gasteiger partial charge < -0.3 is 25.6 Å². The van der Waals surface area contributed by atoms with Crippen molar-refractivity contribution in [3.05, 3.63) is 53.1 Å². The number of anilines is 1. The van der Waals surface area contributed by atoms with Crippen LogP contribution in [0.3, 0.4) is 0 Å². The summed E-state index contributed by atoms with van der Waals surface area (Å²) >= 11 is 0. The molecule has 0 fully saturated rings. The number of phenols is 1. The zero-order valence-electron chi connectivity index (χ0n) is 16.6. The lowest BCUT2D eigenvalue weighted by Gasteiger charge is -2.29. The van der Waals surface area contributed by atoms with Crippen molar-refractivity contribution in [2.45, 2.75) is 45.3 Å². The summed E-state index contributed by atoms with van der Waals surface area (Å²) in [5, 5.41) is 26.6. The summed E-state index contributed by atoms with van der Waals surface area (Å²) in [6.45, 7) is 6.50. The largest absolute Gasteiger partial charge is 0.506 e. The van der Waals surface area contributed by atoms with E-state index >= 15 is 0 Å². The number of aliphatic hydroxyl groups excluding tert-OH is 1. The van der Waals surface area contributed by atoms with Crippen molar-refractivity contribution in [2.24, 2.45) is 0 Å². The van der Waals surface area contributed by atoms with E-state index in [-0.39, 0.29) is 29.5 Å². The van der Waals surface area contributed by atoms with Crippen molar-refractivity contribution < 1.29 is 19.7 Å². The van der Waals surface area contributed by atoms with Crippen LogP contribution in [0.1, 0.15) is 43.6 Å². The Balaban J connectivity index is 1.67. The predicted molar refractivity (Wildman–Crippen MR) is 109 cm³/mol. The van der Waals surface area contributed by atoms with Crippen LogP contribution in [-0.2, 0) is 17.6 Å². The number of carbonyl (C=O) groups excluding carboxylic acids is 1. The minimum absolute atomic E-state index is 0.0807. The van der Waals surface area contributed by atoms with Crippen LogP contribution >= 0.6 is 0 Å². The molecule has 6 heteroatoms. The van der Waals surface area contributed by atoms with Gasteiger partial charge in [0, 0.05) is 17.6 Å². The Morgan fingerprint density at radius 1 is 1.18 bits per heavy atom. The summed E-state index contributed by atoms with van der Waals surface area (Å²) in [4.78, 5) is 11.5. The second-order valence-electron chi connectivity index (χ2n) is 7.84. The Kier molecular flexibility index (Phi) is 5.91. The molecule has 0 saturated heterocycles. The number of β-amino-alcohol motifs (C(OH)–C–C–N with tert-alkyl or cyclic N) is 1. The number of amides is 1. The van der Waals surface area contributed by atoms with Gasteiger partial charge in [0.15, 0.2) is 12.4 Å². The zero-order chi connectivity index (χ0) is 20.3. The molecule has 28 heavy (non-hydrogen) atoms. The number of carbonyl (C=O) groups is 1. The van der Waals surface area contributed by atoms with E-state index in [4.69, 9.17) is 4.74 Å². The molecule has 6 nitrogen and oxygen atoms in total. The Morgan fingerprint density at radius 2 is 1.86 bits per heavy atom. The fourth-order valence-electron chi connectivity index (χ4n) is 3.39. The number of hydrogen-bond acceptors (Lipinski definition) is 5. The van der Waals surface area contributed by atoms with Gasteiger partial charge in [-0.25, -0.2) is 0 Å². The molecule has 1 aliphatic heterocycles. The van der Waals surface area contributed by atoms with Crippen LogP contribution in [0, 0.1) is 0 Å². The first-order chi connectivity index (χ1) is 13.3. The molecular formula is C22H28N2O4. The molecule has 2 aromatic rings. The molecule has 2 aromatic carbocycles. The van der Waals surface area contributed by atoms with Crippen LogP contribution in [0.15, 0.2) is 36.4 Å². The quantitative estimate of drug-likeness (QED) is 0.551. The molecule has 0 saturated carbocycles. The maximum atomic E-state index is 11.5. The maximum absolute atomic E-state index is 11.5. The highest BCUT2D eigenvalue weighted by atomic mass is 16.5. The van der Waals surface area contributed by atoms with Crippen molar-refractivity contribution in [3.8, 4) is 11.5 Å². The van der Waals surface area contributed by atoms with Crippen LogP contribution < -0.4 is 15.4 Å². The second kappa shape index (κ2) is 8.20. The van der Waals surface area contributed by atoms with Gasteiger partial charge in [-0.1, -0.05) is 31.2 Å². The van der Waals surface area contributed by atoms with Crippen LogP contribution in [0.5, 0.6) is 11.5 Å². The normalized spacial score (nSPS) is 14.8. The van der Waals surface area contributed by atoms with E-state index in [1.165, 1.54) is 17.2 Å². The number of aliphatic hydroxyl groups is 1. The van der Waals surface area contributed by atoms with E-state index in [9.17, 15) is 15.0 Å². The number of fused-ring (bicyclic) bond motifs is 1. The predicted octanol–water partition coefficient (Wildman–Crippen LogP) is 2.93. The number of aryl methyl sites for hydroxylation is 1. The van der Waals surface area contributed by atoms with Crippen molar-refractivity contribution in [1.29, 1.82) is 0 Å². The van der Waals surface area contributed by atoms with Gasteiger partial charge in [0.2, 0.25) is 0 Å². The van der Waals surface area contributed by atoms with E-state index in [2.05, 4.69) is 55.7 Å². The van der Waals surface area contributed by atoms with Crippen molar-refractivity contribution in [3.63, 3.8) is 0 Å². The van der Waals surface area contributed by atoms with Gasteiger partial charge in [0.1, 0.15) is 11.4 Å². The average molecular weight is 384 g/mol. The van der Waals surface area contributed by atoms with E-state index in [0.717, 1.165) is 12.8 Å². The lowest BCUT2D eigenvalue weighted by atomic mass is 9.93. The third-order valence-electron chi connectivity index (χ3n) is 4.99. The molecule has 0 spiro atoms. The van der Waals surface area contributed by atoms with Gasteiger partial charge in [-0.2, -0.15) is 0 Å². The van der Waals surface area contributed by atoms with Crippen LogP contribution in [0.25, 0.3) is 0 Å². The first kappa shape index (κ1) is 20.2. The smallest absolute Gasteiger partial charge is 0.262 e. The number of phenolic OH excluding ortho intramolecular Hbond substituents is 1. The van der Waals surface area contributed by atoms with E-state index in [0.29, 0.717) is 17.9 Å². The molecule has 1 aliphatic rings. The van der Waals surface area contributed by atoms with Crippen LogP contribution in [0.4, 0.5) is 5.69 Å². The molecule has 0 aliphatic carbocycles. The lowest BCUT2D eigenvalue weighted by molar-refractivity contribution is -0.118. The fraction of sp³-hybridized carbons (Fsp3) is 0.409. The highest BCUT2D eigenvalue weighted by molar-refractivity contribution is 5.97. The molecular weight excluding hydrogens is 356 g/mol. The third-order valence-corrected chi connectivity index (χ3v) is 4.99. The zero-order valence-corrected chi connectivity index (χ0v) is 16.6. The van der Waals surface area contributed by atoms with E-state index < -0.39 is 6.10 Å². The van der Waals surface area contributed by atoms with Crippen molar-refractivity contribution in [1.82, 2.24) is 5.32 Å². The van der Waals surface area contributed by atoms with Crippen LogP contribution in [-0.4, -0.2) is 34.8 Å². The van der Waals surface area contributed by atoms with E-state index in [1.54, 1.807) is 6.07 Å². The van der Waals surface area contributed by atoms with Gasteiger partial charge in [-0.15, -0.1) is 0 Å². The molecule has 1 heterocycles. The summed E-state index contributed by atoms with van der Waals surface area (Å²) in [5.74, 6) is -0.0903. The minimum Gasteiger partial charge on any atom is -0.506 e. The number of rotatable bonds is 7. The van der Waals surface area contributed by atoms with Gasteiger partial charge in [0.05, 0.1) is 6.10 Å². The van der Waals surface area contributed by atoms with Gasteiger partial charge in [0.25, 0.3) is 5.91 Å². The molecule has 150 valence electrons. The fourth-order valence-corrected chi connectivity index (χ4v) is 3.39. The highest BCUT2D eigenvalue weighted by Gasteiger charge is 2.27. The molecule has 3 rings (SSSR count). The van der Waals surface area contributed by atoms with E-state index in [1.807, 2.05) is 0 Å². The molecule has 0 bridgehead atoms. The minimum atomic E-state index is -0.842. The number of hydrogen-bond donors (Lipinski definition) is 4. The summed E-state index contributed by atoms with van der Waals surface area (Å²) < 4.78 is 5.46. The molecule has 0 radical (unpaired) electrons. The molecule has 4 N–H and O–H groups in total. The maximum Gasteiger partial charge on any atom is 0.262 e. The lowest BCUT2D eigenvalue weighted by Crippen LogP contribution is -2.43. The molecule has 1 amide bonds. The topological polar surface area (TPSA) is 90.8 Å². The molecule has 1 atom stereocenters. The monoisotopic (exact) mass is 384 g/mol. The van der Waals surface area contributed by atoms with Crippen molar-refractivity contribution in [2.75, 3.05) is 18.5 Å². The standard InChI is InChI=1S/C22H28N2O4/c1-4-14-5-7-15(8-6-14)11-22(2,3)23-12-18(26)16-9-10-17(25)20-21(16)28-13-19(27)24-20/h5-10,18,23,25-26H,4,11-13H2,1-3H3,(H,24,27). The number of nitrogens with one attached hydrogen (secondary N) is 2. The number of ether oxygens (including phenoxy) is 1. The SMILES string of the molecule is CCc1ccc(CC(C)(C)NCC(O)c2ccc(O)c3c2OCC(=O)N3)cc1. The Labute approximate surface area is 165 Å². The summed E-state index contributed by atoms with van der Waals surface area (Å²) in [5.41, 5.74) is 3.07. The first-order valence-electron chi connectivity index (χ1n) is 9.58. The van der Waals surface area contributed by atoms with Gasteiger partial charge in [-0.05, 0) is 49.9 Å². The first-order valence-corrected chi connectivity index (χ1v) is 9.58. The summed E-state index contributed by atoms with van der Waals surface area (Å²) in [6.07, 6.45) is 1.00. The molecule has 1 unspecified atom stereocenters. The Bertz CT molecular complexity index is 846. The van der Waals surface area contributed by atoms with Gasteiger partial charge in [-0.3, -0.25) is 4.79 Å². The third kappa shape index (κ3) is 4.64. The van der Waals surface area contributed by atoms with Crippen LogP contribution in [0.2, 0.25) is 0 Å². The van der Waals surface area contributed by atoms with Gasteiger partial charge >= 0.3 is 0 Å². The average Bonchev–Trinajstić information content (AvgIpc) is 2.67. The summed E-state index contributed by atoms with van der Waals surface area (Å²) in [6, 6.07) is 11.7. The number of benzene rings is 2. The summed E-state index contributed by atoms with van der Waals surface area (Å²) in [7, 11) is 0. The Hall–Kier alpha value is -2.57.